The van der Waals surface area contributed by atoms with E-state index >= 15 is 0 Å². The Labute approximate surface area is 98.6 Å². The smallest absolute Gasteiger partial charge is 0.263 e. The minimum absolute atomic E-state index is 0.0412. The summed E-state index contributed by atoms with van der Waals surface area (Å²) in [5.74, 6) is -0.274. The van der Waals surface area contributed by atoms with E-state index in [4.69, 9.17) is 5.73 Å². The predicted octanol–water partition coefficient (Wildman–Crippen LogP) is 0.495. The third kappa shape index (κ3) is 3.49. The predicted molar refractivity (Wildman–Crippen MR) is 65.4 cm³/mol. The van der Waals surface area contributed by atoms with Gasteiger partial charge in [0.15, 0.2) is 9.84 Å². The van der Waals surface area contributed by atoms with Crippen molar-refractivity contribution in [3.63, 3.8) is 0 Å². The van der Waals surface area contributed by atoms with Gasteiger partial charge < -0.3 is 11.1 Å². The van der Waals surface area contributed by atoms with E-state index in [9.17, 15) is 13.2 Å². The van der Waals surface area contributed by atoms with Gasteiger partial charge in [0, 0.05) is 12.3 Å². The zero-order valence-electron chi connectivity index (χ0n) is 8.89. The lowest BCUT2D eigenvalue weighted by molar-refractivity contribution is 0.0961. The van der Waals surface area contributed by atoms with Crippen LogP contribution in [-0.4, -0.2) is 32.4 Å². The summed E-state index contributed by atoms with van der Waals surface area (Å²) in [6.45, 7) is 1.70. The summed E-state index contributed by atoms with van der Waals surface area (Å²) in [5.41, 5.74) is 5.97. The largest absolute Gasteiger partial charge is 0.397 e. The van der Waals surface area contributed by atoms with E-state index in [1.807, 2.05) is 0 Å². The first kappa shape index (κ1) is 13.0. The number of hydrogen-bond acceptors (Lipinski definition) is 5. The molecule has 16 heavy (non-hydrogen) atoms. The molecule has 0 atom stereocenters. The molecule has 0 aliphatic carbocycles. The number of hydrogen-bond donors (Lipinski definition) is 2. The monoisotopic (exact) mass is 262 g/mol. The fourth-order valence-corrected chi connectivity index (χ4v) is 2.48. The second kappa shape index (κ2) is 5.31. The van der Waals surface area contributed by atoms with Gasteiger partial charge in [0.2, 0.25) is 0 Å². The van der Waals surface area contributed by atoms with Crippen molar-refractivity contribution < 1.29 is 13.2 Å². The van der Waals surface area contributed by atoms with Crippen LogP contribution in [-0.2, 0) is 9.84 Å². The summed E-state index contributed by atoms with van der Waals surface area (Å²) in [6.07, 6.45) is 0. The van der Waals surface area contributed by atoms with E-state index in [0.29, 0.717) is 10.6 Å². The number of rotatable bonds is 5. The fourth-order valence-electron chi connectivity index (χ4n) is 1.05. The van der Waals surface area contributed by atoms with Crippen LogP contribution >= 0.6 is 11.3 Å². The maximum atomic E-state index is 11.5. The molecule has 0 unspecified atom stereocenters. The van der Waals surface area contributed by atoms with Gasteiger partial charge in [0.25, 0.3) is 5.91 Å². The number of nitrogens with two attached hydrogens (primary N) is 1. The van der Waals surface area contributed by atoms with Gasteiger partial charge in [-0.05, 0) is 11.4 Å². The Hall–Kier alpha value is -1.08. The lowest BCUT2D eigenvalue weighted by Crippen LogP contribution is -2.29. The Morgan fingerprint density at radius 2 is 2.25 bits per heavy atom. The molecule has 1 amide bonds. The standard InChI is InChI=1S/C9H14N2O3S2/c1-2-16(13,14)6-4-11-9(12)8-7(10)3-5-15-8/h3,5H,2,4,6,10H2,1H3,(H,11,12). The first-order valence-corrected chi connectivity index (χ1v) is 7.48. The Balaban J connectivity index is 2.46. The molecule has 0 fully saturated rings. The third-order valence-corrected chi connectivity index (χ3v) is 4.68. The molecule has 0 aromatic carbocycles. The highest BCUT2D eigenvalue weighted by Gasteiger charge is 2.12. The van der Waals surface area contributed by atoms with Gasteiger partial charge in [-0.1, -0.05) is 6.92 Å². The Morgan fingerprint density at radius 1 is 1.56 bits per heavy atom. The van der Waals surface area contributed by atoms with Crippen LogP contribution in [0.25, 0.3) is 0 Å². The molecule has 0 radical (unpaired) electrons. The van der Waals surface area contributed by atoms with Gasteiger partial charge in [-0.15, -0.1) is 11.3 Å². The zero-order chi connectivity index (χ0) is 12.2. The SMILES string of the molecule is CCS(=O)(=O)CCNC(=O)c1sccc1N. The Kier molecular flexibility index (Phi) is 4.31. The molecular weight excluding hydrogens is 248 g/mol. The van der Waals surface area contributed by atoms with Gasteiger partial charge in [-0.3, -0.25) is 4.79 Å². The molecule has 3 N–H and O–H groups in total. The van der Waals surface area contributed by atoms with Crippen molar-refractivity contribution in [2.45, 2.75) is 6.92 Å². The van der Waals surface area contributed by atoms with E-state index in [0.717, 1.165) is 0 Å². The van der Waals surface area contributed by atoms with Crippen LogP contribution in [0.5, 0.6) is 0 Å². The van der Waals surface area contributed by atoms with Gasteiger partial charge >= 0.3 is 0 Å². The maximum absolute atomic E-state index is 11.5. The Bertz CT molecular complexity index is 465. The molecule has 7 heteroatoms. The third-order valence-electron chi connectivity index (χ3n) is 2.04. The number of amides is 1. The van der Waals surface area contributed by atoms with Crippen LogP contribution in [0.15, 0.2) is 11.4 Å². The summed E-state index contributed by atoms with van der Waals surface area (Å²) < 4.78 is 22.3. The molecule has 5 nitrogen and oxygen atoms in total. The molecule has 1 aromatic rings. The van der Waals surface area contributed by atoms with Crippen molar-refractivity contribution in [2.75, 3.05) is 23.8 Å². The molecule has 0 bridgehead atoms. The number of anilines is 1. The fraction of sp³-hybridized carbons (Fsp3) is 0.444. The molecular formula is C9H14N2O3S2. The number of carbonyl (C=O) groups excluding carboxylic acids is 1. The van der Waals surface area contributed by atoms with E-state index in [-0.39, 0.29) is 24.0 Å². The van der Waals surface area contributed by atoms with Crippen molar-refractivity contribution in [1.29, 1.82) is 0 Å². The average Bonchev–Trinajstić information content (AvgIpc) is 2.64. The van der Waals surface area contributed by atoms with E-state index in [2.05, 4.69) is 5.32 Å². The van der Waals surface area contributed by atoms with Gasteiger partial charge in [0.05, 0.1) is 11.4 Å². The summed E-state index contributed by atoms with van der Waals surface area (Å²) in [5, 5.41) is 4.24. The minimum Gasteiger partial charge on any atom is -0.397 e. The maximum Gasteiger partial charge on any atom is 0.263 e. The number of thiophene rings is 1. The minimum atomic E-state index is -3.04. The first-order chi connectivity index (χ1) is 7.46. The van der Waals surface area contributed by atoms with Crippen molar-refractivity contribution in [3.8, 4) is 0 Å². The topological polar surface area (TPSA) is 89.3 Å². The van der Waals surface area contributed by atoms with Crippen molar-refractivity contribution >= 4 is 32.8 Å². The molecule has 0 saturated heterocycles. The van der Waals surface area contributed by atoms with E-state index in [1.54, 1.807) is 18.4 Å². The molecule has 90 valence electrons. The summed E-state index contributed by atoms with van der Waals surface area (Å²) in [4.78, 5) is 12.0. The molecule has 1 heterocycles. The second-order valence-corrected chi connectivity index (χ2v) is 6.59. The highest BCUT2D eigenvalue weighted by Crippen LogP contribution is 2.17. The van der Waals surface area contributed by atoms with E-state index in [1.165, 1.54) is 11.3 Å². The van der Waals surface area contributed by atoms with Crippen LogP contribution in [0.1, 0.15) is 16.6 Å². The van der Waals surface area contributed by atoms with E-state index < -0.39 is 9.84 Å². The quantitative estimate of drug-likeness (QED) is 0.808. The number of nitrogen functional groups attached to an aromatic ring is 1. The molecule has 0 aliphatic heterocycles. The van der Waals surface area contributed by atoms with Crippen LogP contribution in [0.2, 0.25) is 0 Å². The molecule has 0 aliphatic rings. The van der Waals surface area contributed by atoms with Crippen molar-refractivity contribution in [2.24, 2.45) is 0 Å². The second-order valence-electron chi connectivity index (χ2n) is 3.20. The van der Waals surface area contributed by atoms with Gasteiger partial charge in [-0.2, -0.15) is 0 Å². The van der Waals surface area contributed by atoms with Gasteiger partial charge in [0.1, 0.15) is 4.88 Å². The average molecular weight is 262 g/mol. The number of nitrogens with one attached hydrogen (secondary N) is 1. The van der Waals surface area contributed by atoms with Crippen molar-refractivity contribution in [3.05, 3.63) is 16.3 Å². The van der Waals surface area contributed by atoms with Crippen LogP contribution in [0.4, 0.5) is 5.69 Å². The summed E-state index contributed by atoms with van der Waals surface area (Å²) in [7, 11) is -3.04. The number of carbonyl (C=O) groups is 1. The summed E-state index contributed by atoms with van der Waals surface area (Å²) in [6, 6.07) is 1.64. The first-order valence-electron chi connectivity index (χ1n) is 4.78. The van der Waals surface area contributed by atoms with Crippen LogP contribution < -0.4 is 11.1 Å². The molecule has 1 rings (SSSR count). The van der Waals surface area contributed by atoms with Crippen LogP contribution in [0, 0.1) is 0 Å². The number of sulfone groups is 1. The van der Waals surface area contributed by atoms with Crippen molar-refractivity contribution in [1.82, 2.24) is 5.32 Å². The molecule has 0 saturated carbocycles. The highest BCUT2D eigenvalue weighted by atomic mass is 32.2. The molecule has 1 aromatic heterocycles. The lowest BCUT2D eigenvalue weighted by Gasteiger charge is -2.04. The Morgan fingerprint density at radius 3 is 2.75 bits per heavy atom. The lowest BCUT2D eigenvalue weighted by atomic mass is 10.4. The molecule has 0 spiro atoms. The van der Waals surface area contributed by atoms with Crippen LogP contribution in [0.3, 0.4) is 0 Å². The summed E-state index contributed by atoms with van der Waals surface area (Å²) >= 11 is 1.23. The zero-order valence-corrected chi connectivity index (χ0v) is 10.5. The van der Waals surface area contributed by atoms with Gasteiger partial charge in [-0.25, -0.2) is 8.42 Å². The normalized spacial score (nSPS) is 11.3. The highest BCUT2D eigenvalue weighted by molar-refractivity contribution is 7.91.